The van der Waals surface area contributed by atoms with Gasteiger partial charge in [0.1, 0.15) is 5.82 Å². The van der Waals surface area contributed by atoms with Gasteiger partial charge in [0.05, 0.1) is 28.8 Å². The lowest BCUT2D eigenvalue weighted by Gasteiger charge is -2.11. The van der Waals surface area contributed by atoms with Gasteiger partial charge in [-0.05, 0) is 30.5 Å². The highest BCUT2D eigenvalue weighted by Crippen LogP contribution is 2.18. The SMILES string of the molecule is N#Cc1ccc(NC(=O)NC[C@H]2CCS(=O)(=O)C2)c(F)c1. The van der Waals surface area contributed by atoms with Crippen LogP contribution in [-0.2, 0) is 9.84 Å². The molecule has 0 aromatic heterocycles. The summed E-state index contributed by atoms with van der Waals surface area (Å²) in [6.07, 6.45) is 0.522. The van der Waals surface area contributed by atoms with Gasteiger partial charge in [0.15, 0.2) is 9.84 Å². The third kappa shape index (κ3) is 4.16. The van der Waals surface area contributed by atoms with Crippen molar-refractivity contribution in [1.29, 1.82) is 5.26 Å². The fourth-order valence-electron chi connectivity index (χ4n) is 2.12. The average molecular weight is 311 g/mol. The van der Waals surface area contributed by atoms with Gasteiger partial charge >= 0.3 is 6.03 Å². The van der Waals surface area contributed by atoms with Gasteiger partial charge in [-0.25, -0.2) is 17.6 Å². The largest absolute Gasteiger partial charge is 0.338 e. The standard InChI is InChI=1S/C13H14FN3O3S/c14-11-5-9(6-15)1-2-12(11)17-13(18)16-7-10-3-4-21(19,20)8-10/h1-2,5,10H,3-4,7-8H2,(H2,16,17,18)/t10-/m1/s1. The Hall–Kier alpha value is -2.14. The quantitative estimate of drug-likeness (QED) is 0.877. The van der Waals surface area contributed by atoms with Gasteiger partial charge in [-0.3, -0.25) is 0 Å². The van der Waals surface area contributed by atoms with Gasteiger partial charge in [0.2, 0.25) is 0 Å². The third-order valence-electron chi connectivity index (χ3n) is 3.22. The number of rotatable bonds is 3. The van der Waals surface area contributed by atoms with E-state index in [0.29, 0.717) is 6.42 Å². The van der Waals surface area contributed by atoms with Crippen LogP contribution in [0.5, 0.6) is 0 Å². The zero-order chi connectivity index (χ0) is 15.5. The summed E-state index contributed by atoms with van der Waals surface area (Å²) in [5.41, 5.74) is 0.125. The molecule has 21 heavy (non-hydrogen) atoms. The normalized spacial score (nSPS) is 19.7. The number of halogens is 1. The molecule has 2 rings (SSSR count). The number of hydrogen-bond donors (Lipinski definition) is 2. The van der Waals surface area contributed by atoms with Crippen molar-refractivity contribution in [3.05, 3.63) is 29.6 Å². The second-order valence-corrected chi connectivity index (χ2v) is 7.14. The van der Waals surface area contributed by atoms with E-state index >= 15 is 0 Å². The Morgan fingerprint density at radius 3 is 2.81 bits per heavy atom. The van der Waals surface area contributed by atoms with E-state index in [4.69, 9.17) is 5.26 Å². The van der Waals surface area contributed by atoms with Crippen molar-refractivity contribution in [2.24, 2.45) is 5.92 Å². The lowest BCUT2D eigenvalue weighted by Crippen LogP contribution is -2.33. The molecule has 1 heterocycles. The van der Waals surface area contributed by atoms with Crippen molar-refractivity contribution >= 4 is 21.6 Å². The Kier molecular flexibility index (Phi) is 4.43. The minimum Gasteiger partial charge on any atom is -0.338 e. The molecule has 0 saturated carbocycles. The van der Waals surface area contributed by atoms with Crippen LogP contribution in [0.1, 0.15) is 12.0 Å². The Labute approximate surface area is 121 Å². The fraction of sp³-hybridized carbons (Fsp3) is 0.385. The molecular formula is C13H14FN3O3S. The molecule has 1 aliphatic rings. The smallest absolute Gasteiger partial charge is 0.319 e. The number of carbonyl (C=O) groups excluding carboxylic acids is 1. The Morgan fingerprint density at radius 2 is 2.24 bits per heavy atom. The molecule has 0 unspecified atom stereocenters. The topological polar surface area (TPSA) is 99.1 Å². The third-order valence-corrected chi connectivity index (χ3v) is 5.06. The molecule has 0 radical (unpaired) electrons. The van der Waals surface area contributed by atoms with E-state index in [1.807, 2.05) is 0 Å². The summed E-state index contributed by atoms with van der Waals surface area (Å²) in [6, 6.07) is 4.90. The van der Waals surface area contributed by atoms with Crippen LogP contribution in [0.2, 0.25) is 0 Å². The predicted molar refractivity (Wildman–Crippen MR) is 74.9 cm³/mol. The van der Waals surface area contributed by atoms with E-state index in [2.05, 4.69) is 10.6 Å². The maximum absolute atomic E-state index is 13.6. The van der Waals surface area contributed by atoms with Crippen LogP contribution in [0.15, 0.2) is 18.2 Å². The van der Waals surface area contributed by atoms with Gasteiger partial charge in [0, 0.05) is 6.54 Å². The van der Waals surface area contributed by atoms with Gasteiger partial charge in [-0.15, -0.1) is 0 Å². The van der Waals surface area contributed by atoms with E-state index < -0.39 is 21.7 Å². The van der Waals surface area contributed by atoms with E-state index in [0.717, 1.165) is 6.07 Å². The maximum atomic E-state index is 13.6. The molecule has 1 aromatic rings. The number of nitriles is 1. The van der Waals surface area contributed by atoms with Crippen LogP contribution in [-0.4, -0.2) is 32.5 Å². The molecule has 2 amide bonds. The summed E-state index contributed by atoms with van der Waals surface area (Å²) >= 11 is 0. The molecule has 1 atom stereocenters. The van der Waals surface area contributed by atoms with Crippen molar-refractivity contribution in [3.63, 3.8) is 0 Å². The van der Waals surface area contributed by atoms with Gasteiger partial charge < -0.3 is 10.6 Å². The van der Waals surface area contributed by atoms with Gasteiger partial charge in [-0.2, -0.15) is 5.26 Å². The summed E-state index contributed by atoms with van der Waals surface area (Å²) < 4.78 is 36.1. The number of urea groups is 1. The number of benzene rings is 1. The molecule has 0 spiro atoms. The van der Waals surface area contributed by atoms with E-state index in [1.165, 1.54) is 12.1 Å². The van der Waals surface area contributed by atoms with E-state index in [9.17, 15) is 17.6 Å². The van der Waals surface area contributed by atoms with E-state index in [-0.39, 0.29) is 35.2 Å². The van der Waals surface area contributed by atoms with Crippen LogP contribution in [0, 0.1) is 23.1 Å². The van der Waals surface area contributed by atoms with Crippen molar-refractivity contribution in [3.8, 4) is 6.07 Å². The first kappa shape index (κ1) is 15.3. The van der Waals surface area contributed by atoms with Crippen molar-refractivity contribution < 1.29 is 17.6 Å². The highest BCUT2D eigenvalue weighted by atomic mass is 32.2. The number of amides is 2. The predicted octanol–water partition coefficient (Wildman–Crippen LogP) is 1.25. The second kappa shape index (κ2) is 6.10. The Morgan fingerprint density at radius 1 is 1.48 bits per heavy atom. The highest BCUT2D eigenvalue weighted by molar-refractivity contribution is 7.91. The molecule has 8 heteroatoms. The Bertz CT molecular complexity index is 697. The number of sulfone groups is 1. The monoisotopic (exact) mass is 311 g/mol. The molecule has 112 valence electrons. The number of nitrogens with one attached hydrogen (secondary N) is 2. The summed E-state index contributed by atoms with van der Waals surface area (Å²) in [7, 11) is -2.98. The molecule has 1 aliphatic heterocycles. The lowest BCUT2D eigenvalue weighted by atomic mass is 10.1. The summed E-state index contributed by atoms with van der Waals surface area (Å²) in [6.45, 7) is 0.225. The summed E-state index contributed by atoms with van der Waals surface area (Å²) in [5, 5.41) is 13.5. The van der Waals surface area contributed by atoms with Crippen molar-refractivity contribution in [2.45, 2.75) is 6.42 Å². The zero-order valence-electron chi connectivity index (χ0n) is 11.1. The molecule has 0 aliphatic carbocycles. The van der Waals surface area contributed by atoms with Crippen LogP contribution >= 0.6 is 0 Å². The number of hydrogen-bond acceptors (Lipinski definition) is 4. The fourth-order valence-corrected chi connectivity index (χ4v) is 3.98. The number of anilines is 1. The maximum Gasteiger partial charge on any atom is 0.319 e. The first-order valence-corrected chi connectivity index (χ1v) is 8.17. The van der Waals surface area contributed by atoms with Crippen LogP contribution < -0.4 is 10.6 Å². The zero-order valence-corrected chi connectivity index (χ0v) is 11.9. The molecule has 1 fully saturated rings. The van der Waals surface area contributed by atoms with Gasteiger partial charge in [-0.1, -0.05) is 0 Å². The minimum absolute atomic E-state index is 0.0365. The molecule has 1 aromatic carbocycles. The van der Waals surface area contributed by atoms with Crippen LogP contribution in [0.4, 0.5) is 14.9 Å². The summed E-state index contributed by atoms with van der Waals surface area (Å²) in [5.74, 6) is -0.594. The second-order valence-electron chi connectivity index (χ2n) is 4.91. The minimum atomic E-state index is -2.98. The lowest BCUT2D eigenvalue weighted by molar-refractivity contribution is 0.250. The van der Waals surface area contributed by atoms with Gasteiger partial charge in [0.25, 0.3) is 0 Å². The van der Waals surface area contributed by atoms with Crippen LogP contribution in [0.3, 0.4) is 0 Å². The van der Waals surface area contributed by atoms with E-state index in [1.54, 1.807) is 6.07 Å². The average Bonchev–Trinajstić information content (AvgIpc) is 2.78. The first-order valence-electron chi connectivity index (χ1n) is 6.34. The first-order chi connectivity index (χ1) is 9.89. The molecule has 6 nitrogen and oxygen atoms in total. The molecule has 2 N–H and O–H groups in total. The number of carbonyl (C=O) groups is 1. The van der Waals surface area contributed by atoms with Crippen molar-refractivity contribution in [2.75, 3.05) is 23.4 Å². The molecule has 0 bridgehead atoms. The summed E-state index contributed by atoms with van der Waals surface area (Å²) in [4.78, 5) is 11.6. The molecule has 1 saturated heterocycles. The molecular weight excluding hydrogens is 297 g/mol. The highest BCUT2D eigenvalue weighted by Gasteiger charge is 2.27. The Balaban J connectivity index is 1.87. The number of nitrogens with zero attached hydrogens (tertiary/aromatic N) is 1. The van der Waals surface area contributed by atoms with Crippen LogP contribution in [0.25, 0.3) is 0 Å². The van der Waals surface area contributed by atoms with Crippen molar-refractivity contribution in [1.82, 2.24) is 5.32 Å².